The van der Waals surface area contributed by atoms with Crippen LogP contribution in [0.5, 0.6) is 0 Å². The van der Waals surface area contributed by atoms with Crippen molar-refractivity contribution in [2.75, 3.05) is 0 Å². The van der Waals surface area contributed by atoms with Crippen LogP contribution in [-0.2, 0) is 0 Å². The lowest BCUT2D eigenvalue weighted by Crippen LogP contribution is -1.87. The SMILES string of the molecule is c1ccc2c(c1)Sc1ccccc1S2.c1ccc2cc3ccccc3cc2c1. The lowest BCUT2D eigenvalue weighted by atomic mass is 10.0. The summed E-state index contributed by atoms with van der Waals surface area (Å²) in [5, 5.41) is 5.25. The van der Waals surface area contributed by atoms with Crippen LogP contribution in [0.15, 0.2) is 129 Å². The fourth-order valence-electron chi connectivity index (χ4n) is 3.36. The van der Waals surface area contributed by atoms with Gasteiger partial charge < -0.3 is 0 Å². The third-order valence-corrected chi connectivity index (χ3v) is 7.31. The third-order valence-electron chi connectivity index (χ3n) is 4.75. The Bertz CT molecular complexity index is 1080. The molecule has 5 aromatic carbocycles. The van der Waals surface area contributed by atoms with Crippen LogP contribution in [0.2, 0.25) is 0 Å². The first-order valence-corrected chi connectivity index (χ1v) is 10.9. The van der Waals surface area contributed by atoms with Gasteiger partial charge in [0.15, 0.2) is 0 Å². The maximum absolute atomic E-state index is 2.24. The Labute approximate surface area is 173 Å². The van der Waals surface area contributed by atoms with Crippen molar-refractivity contribution in [3.63, 3.8) is 0 Å². The number of fused-ring (bicyclic) bond motifs is 4. The summed E-state index contributed by atoms with van der Waals surface area (Å²) in [5.41, 5.74) is 0. The zero-order chi connectivity index (χ0) is 18.8. The van der Waals surface area contributed by atoms with Gasteiger partial charge in [-0.05, 0) is 57.9 Å². The predicted molar refractivity (Wildman–Crippen MR) is 123 cm³/mol. The molecule has 0 atom stereocenters. The molecule has 0 radical (unpaired) electrons. The van der Waals surface area contributed by atoms with E-state index >= 15 is 0 Å². The van der Waals surface area contributed by atoms with Crippen LogP contribution in [0.1, 0.15) is 0 Å². The van der Waals surface area contributed by atoms with E-state index in [9.17, 15) is 0 Å². The first-order chi connectivity index (χ1) is 13.9. The van der Waals surface area contributed by atoms with E-state index in [2.05, 4.69) is 109 Å². The van der Waals surface area contributed by atoms with Crippen LogP contribution < -0.4 is 0 Å². The second-order valence-electron chi connectivity index (χ2n) is 6.64. The maximum Gasteiger partial charge on any atom is 0.0262 e. The summed E-state index contributed by atoms with van der Waals surface area (Å²) in [6, 6.07) is 38.5. The Morgan fingerprint density at radius 1 is 0.321 bits per heavy atom. The summed E-state index contributed by atoms with van der Waals surface area (Å²) in [5.74, 6) is 0. The van der Waals surface area contributed by atoms with Gasteiger partial charge in [0, 0.05) is 19.6 Å². The fraction of sp³-hybridized carbons (Fsp3) is 0. The van der Waals surface area contributed by atoms with Gasteiger partial charge in [0.25, 0.3) is 0 Å². The summed E-state index contributed by atoms with van der Waals surface area (Å²) in [4.78, 5) is 5.49. The molecule has 0 N–H and O–H groups in total. The predicted octanol–water partition coefficient (Wildman–Crippen LogP) is 8.30. The van der Waals surface area contributed by atoms with Gasteiger partial charge in [-0.25, -0.2) is 0 Å². The maximum atomic E-state index is 2.24. The Balaban J connectivity index is 0.000000122. The molecule has 1 aliphatic heterocycles. The molecule has 0 aromatic heterocycles. The van der Waals surface area contributed by atoms with Gasteiger partial charge in [0.2, 0.25) is 0 Å². The molecule has 0 saturated heterocycles. The molecule has 0 fully saturated rings. The Hall–Kier alpha value is -2.68. The first-order valence-electron chi connectivity index (χ1n) is 9.28. The smallest absolute Gasteiger partial charge is 0.0262 e. The minimum absolute atomic E-state index is 1.31. The van der Waals surface area contributed by atoms with E-state index in [4.69, 9.17) is 0 Å². The van der Waals surface area contributed by atoms with E-state index in [1.54, 1.807) is 0 Å². The molecule has 0 aliphatic carbocycles. The standard InChI is InChI=1S/C14H10.C12H8S2/c1-2-6-12-10-14-8-4-3-7-13(14)9-11(12)5-1;1-2-6-10-9(5-1)13-11-7-3-4-8-12(11)14-10/h1-10H;1-8H. The summed E-state index contributed by atoms with van der Waals surface area (Å²) in [6.07, 6.45) is 0. The molecule has 2 heteroatoms. The zero-order valence-corrected chi connectivity index (χ0v) is 16.8. The quantitative estimate of drug-likeness (QED) is 0.238. The second kappa shape index (κ2) is 7.75. The van der Waals surface area contributed by atoms with Gasteiger partial charge >= 0.3 is 0 Å². The molecule has 0 saturated carbocycles. The molecule has 0 unspecified atom stereocenters. The molecule has 0 bridgehead atoms. The van der Waals surface area contributed by atoms with Crippen molar-refractivity contribution in [2.24, 2.45) is 0 Å². The van der Waals surface area contributed by atoms with E-state index in [0.29, 0.717) is 0 Å². The van der Waals surface area contributed by atoms with Crippen LogP contribution in [0.3, 0.4) is 0 Å². The van der Waals surface area contributed by atoms with Crippen molar-refractivity contribution >= 4 is 45.1 Å². The summed E-state index contributed by atoms with van der Waals surface area (Å²) in [6.45, 7) is 0. The number of hydrogen-bond acceptors (Lipinski definition) is 2. The second-order valence-corrected chi connectivity index (χ2v) is 8.81. The highest BCUT2D eigenvalue weighted by Gasteiger charge is 2.14. The van der Waals surface area contributed by atoms with Crippen molar-refractivity contribution < 1.29 is 0 Å². The lowest BCUT2D eigenvalue weighted by molar-refractivity contribution is 1.16. The Kier molecular flexibility index (Phi) is 4.82. The van der Waals surface area contributed by atoms with Crippen LogP contribution in [-0.4, -0.2) is 0 Å². The molecule has 5 aromatic rings. The summed E-state index contributed by atoms with van der Waals surface area (Å²) < 4.78 is 0. The van der Waals surface area contributed by atoms with Crippen LogP contribution >= 0.6 is 23.5 Å². The molecular weight excluding hydrogens is 376 g/mol. The van der Waals surface area contributed by atoms with Crippen LogP contribution in [0, 0.1) is 0 Å². The van der Waals surface area contributed by atoms with Gasteiger partial charge in [-0.1, -0.05) is 96.3 Å². The number of benzene rings is 5. The van der Waals surface area contributed by atoms with Gasteiger partial charge in [-0.15, -0.1) is 0 Å². The first kappa shape index (κ1) is 17.4. The van der Waals surface area contributed by atoms with E-state index in [1.165, 1.54) is 41.1 Å². The molecule has 0 nitrogen and oxygen atoms in total. The van der Waals surface area contributed by atoms with E-state index in [-0.39, 0.29) is 0 Å². The van der Waals surface area contributed by atoms with Crippen molar-refractivity contribution in [1.29, 1.82) is 0 Å². The van der Waals surface area contributed by atoms with E-state index in [1.807, 2.05) is 23.5 Å². The largest absolute Gasteiger partial charge is 0.0877 e. The minimum atomic E-state index is 1.31. The molecular formula is C26H18S2. The highest BCUT2D eigenvalue weighted by atomic mass is 32.2. The van der Waals surface area contributed by atoms with Crippen molar-refractivity contribution in [2.45, 2.75) is 19.6 Å². The van der Waals surface area contributed by atoms with Gasteiger partial charge in [0.05, 0.1) is 0 Å². The minimum Gasteiger partial charge on any atom is -0.0877 e. The van der Waals surface area contributed by atoms with Crippen LogP contribution in [0.4, 0.5) is 0 Å². The molecule has 0 spiro atoms. The molecule has 28 heavy (non-hydrogen) atoms. The van der Waals surface area contributed by atoms with E-state index in [0.717, 1.165) is 0 Å². The monoisotopic (exact) mass is 394 g/mol. The molecule has 1 heterocycles. The number of rotatable bonds is 0. The topological polar surface area (TPSA) is 0 Å². The summed E-state index contributed by atoms with van der Waals surface area (Å²) in [7, 11) is 0. The lowest BCUT2D eigenvalue weighted by Gasteiger charge is -2.17. The van der Waals surface area contributed by atoms with Crippen molar-refractivity contribution in [3.05, 3.63) is 109 Å². The molecule has 1 aliphatic rings. The Morgan fingerprint density at radius 3 is 0.857 bits per heavy atom. The molecule has 134 valence electrons. The third kappa shape index (κ3) is 3.54. The van der Waals surface area contributed by atoms with Crippen molar-refractivity contribution in [1.82, 2.24) is 0 Å². The average Bonchev–Trinajstić information content (AvgIpc) is 2.76. The van der Waals surface area contributed by atoms with Gasteiger partial charge in [0.1, 0.15) is 0 Å². The van der Waals surface area contributed by atoms with Crippen molar-refractivity contribution in [3.8, 4) is 0 Å². The molecule has 0 amide bonds. The average molecular weight is 395 g/mol. The van der Waals surface area contributed by atoms with E-state index < -0.39 is 0 Å². The fourth-order valence-corrected chi connectivity index (χ4v) is 5.59. The van der Waals surface area contributed by atoms with Gasteiger partial charge in [-0.2, -0.15) is 0 Å². The molecule has 6 rings (SSSR count). The Morgan fingerprint density at radius 2 is 0.571 bits per heavy atom. The highest BCUT2D eigenvalue weighted by Crippen LogP contribution is 2.47. The summed E-state index contributed by atoms with van der Waals surface area (Å²) >= 11 is 3.72. The highest BCUT2D eigenvalue weighted by molar-refractivity contribution is 8.05. The normalized spacial score (nSPS) is 12.0. The number of hydrogen-bond donors (Lipinski definition) is 0. The zero-order valence-electron chi connectivity index (χ0n) is 15.2. The van der Waals surface area contributed by atoms with Crippen LogP contribution in [0.25, 0.3) is 21.5 Å². The van der Waals surface area contributed by atoms with Gasteiger partial charge in [-0.3, -0.25) is 0 Å².